The first-order valence-electron chi connectivity index (χ1n) is 11.9. The lowest BCUT2D eigenvalue weighted by molar-refractivity contribution is -0.147. The topological polar surface area (TPSA) is 94.0 Å². The van der Waals surface area contributed by atoms with Crippen LogP contribution in [0.1, 0.15) is 45.7 Å². The summed E-state index contributed by atoms with van der Waals surface area (Å²) in [6.45, 7) is 0.175. The molecule has 3 heterocycles. The van der Waals surface area contributed by atoms with Gasteiger partial charge in [-0.3, -0.25) is 14.3 Å². The molecule has 0 aliphatic carbocycles. The molecule has 39 heavy (non-hydrogen) atoms. The highest BCUT2D eigenvalue weighted by molar-refractivity contribution is 5.92. The van der Waals surface area contributed by atoms with E-state index in [9.17, 15) is 40.7 Å². The van der Waals surface area contributed by atoms with Gasteiger partial charge in [-0.1, -0.05) is 0 Å². The first-order chi connectivity index (χ1) is 18.3. The van der Waals surface area contributed by atoms with Crippen LogP contribution in [0.2, 0.25) is 0 Å². The second-order valence-electron chi connectivity index (χ2n) is 9.22. The van der Waals surface area contributed by atoms with E-state index in [4.69, 9.17) is 9.47 Å². The van der Waals surface area contributed by atoms with E-state index < -0.39 is 41.7 Å². The Bertz CT molecular complexity index is 1220. The van der Waals surface area contributed by atoms with Crippen molar-refractivity contribution < 1.29 is 50.2 Å². The van der Waals surface area contributed by atoms with Crippen molar-refractivity contribution in [3.8, 4) is 0 Å². The number of alkyl halides is 6. The van der Waals surface area contributed by atoms with Crippen LogP contribution >= 0.6 is 0 Å². The minimum absolute atomic E-state index is 0.00263. The number of piperidine rings is 1. The van der Waals surface area contributed by atoms with Gasteiger partial charge in [0.05, 0.1) is 42.9 Å². The van der Waals surface area contributed by atoms with Gasteiger partial charge in [0.25, 0.3) is 5.91 Å². The van der Waals surface area contributed by atoms with Crippen LogP contribution in [0, 0.1) is 5.92 Å². The SMILES string of the molecule is COC(=O)C1CCN(C(=O)c2cc3n(n2)CCN(C(=O)OCc2cc(C(F)(F)F)cc(C(F)(F)F)c2)C3)CC1. The molecule has 0 saturated carbocycles. The zero-order chi connectivity index (χ0) is 28.5. The average molecular weight is 562 g/mol. The van der Waals surface area contributed by atoms with Crippen molar-refractivity contribution in [3.63, 3.8) is 0 Å². The van der Waals surface area contributed by atoms with Crippen molar-refractivity contribution in [2.24, 2.45) is 5.92 Å². The van der Waals surface area contributed by atoms with Crippen LogP contribution in [0.4, 0.5) is 31.1 Å². The van der Waals surface area contributed by atoms with E-state index in [2.05, 4.69) is 5.10 Å². The standard InChI is InChI=1S/C24H24F6N4O5/c1-38-21(36)15-2-4-32(5-3-15)20(35)19-11-18-12-33(6-7-34(18)31-19)22(37)39-13-14-8-16(23(25,26)27)10-17(9-14)24(28,29)30/h8-11,15H,2-7,12-13H2,1H3. The van der Waals surface area contributed by atoms with Gasteiger partial charge in [-0.05, 0) is 42.7 Å². The van der Waals surface area contributed by atoms with Gasteiger partial charge in [0.1, 0.15) is 6.61 Å². The molecule has 1 fully saturated rings. The van der Waals surface area contributed by atoms with E-state index in [1.54, 1.807) is 9.58 Å². The van der Waals surface area contributed by atoms with Crippen molar-refractivity contribution in [1.82, 2.24) is 19.6 Å². The highest BCUT2D eigenvalue weighted by Crippen LogP contribution is 2.36. The van der Waals surface area contributed by atoms with Crippen molar-refractivity contribution in [2.45, 2.75) is 44.9 Å². The van der Waals surface area contributed by atoms with Crippen LogP contribution in [0.25, 0.3) is 0 Å². The lowest BCUT2D eigenvalue weighted by Gasteiger charge is -2.30. The maximum Gasteiger partial charge on any atom is 0.416 e. The minimum Gasteiger partial charge on any atom is -0.469 e. The van der Waals surface area contributed by atoms with E-state index in [1.165, 1.54) is 18.1 Å². The number of benzene rings is 1. The van der Waals surface area contributed by atoms with Crippen molar-refractivity contribution >= 4 is 18.0 Å². The number of aromatic nitrogens is 2. The number of hydrogen-bond donors (Lipinski definition) is 0. The summed E-state index contributed by atoms with van der Waals surface area (Å²) in [7, 11) is 1.31. The molecule has 2 aliphatic heterocycles. The largest absolute Gasteiger partial charge is 0.469 e. The normalized spacial score (nSPS) is 16.6. The first-order valence-corrected chi connectivity index (χ1v) is 11.9. The number of esters is 1. The Morgan fingerprint density at radius 3 is 2.08 bits per heavy atom. The quantitative estimate of drug-likeness (QED) is 0.412. The predicted molar refractivity (Wildman–Crippen MR) is 120 cm³/mol. The van der Waals surface area contributed by atoms with Crippen LogP contribution in [0.3, 0.4) is 0 Å². The number of rotatable bonds is 4. The number of methoxy groups -OCH3 is 1. The molecule has 2 aromatic rings. The molecule has 4 rings (SSSR count). The van der Waals surface area contributed by atoms with Crippen molar-refractivity contribution in [1.29, 1.82) is 0 Å². The lowest BCUT2D eigenvalue weighted by Crippen LogP contribution is -2.40. The Morgan fingerprint density at radius 1 is 0.897 bits per heavy atom. The van der Waals surface area contributed by atoms with Gasteiger partial charge < -0.3 is 19.3 Å². The summed E-state index contributed by atoms with van der Waals surface area (Å²) in [6.07, 6.45) is -10.1. The number of ether oxygens (including phenoxy) is 2. The van der Waals surface area contributed by atoms with E-state index in [-0.39, 0.29) is 49.2 Å². The third kappa shape index (κ3) is 6.45. The van der Waals surface area contributed by atoms with E-state index in [1.807, 2.05) is 0 Å². The van der Waals surface area contributed by atoms with Crippen LogP contribution < -0.4 is 0 Å². The van der Waals surface area contributed by atoms with Gasteiger partial charge in [-0.25, -0.2) is 4.79 Å². The summed E-state index contributed by atoms with van der Waals surface area (Å²) >= 11 is 0. The highest BCUT2D eigenvalue weighted by atomic mass is 19.4. The molecule has 0 atom stereocenters. The molecule has 2 amide bonds. The molecule has 0 radical (unpaired) electrons. The van der Waals surface area contributed by atoms with E-state index >= 15 is 0 Å². The zero-order valence-electron chi connectivity index (χ0n) is 20.6. The van der Waals surface area contributed by atoms with Crippen molar-refractivity contribution in [2.75, 3.05) is 26.7 Å². The van der Waals surface area contributed by atoms with Gasteiger partial charge in [-0.2, -0.15) is 31.4 Å². The van der Waals surface area contributed by atoms with Crippen LogP contribution in [-0.4, -0.2) is 64.3 Å². The molecule has 1 aromatic heterocycles. The number of likely N-dealkylation sites (tertiary alicyclic amines) is 1. The first kappa shape index (κ1) is 28.2. The monoisotopic (exact) mass is 562 g/mol. The third-order valence-corrected chi connectivity index (χ3v) is 6.60. The summed E-state index contributed by atoms with van der Waals surface area (Å²) in [5.74, 6) is -0.926. The Hall–Kier alpha value is -3.78. The van der Waals surface area contributed by atoms with Gasteiger partial charge in [0.15, 0.2) is 5.69 Å². The average Bonchev–Trinajstić information content (AvgIpc) is 3.33. The second-order valence-corrected chi connectivity index (χ2v) is 9.22. The molecule has 212 valence electrons. The summed E-state index contributed by atoms with van der Waals surface area (Å²) in [4.78, 5) is 39.9. The molecule has 9 nitrogen and oxygen atoms in total. The molecule has 0 bridgehead atoms. The summed E-state index contributed by atoms with van der Waals surface area (Å²) in [5, 5.41) is 4.29. The number of amides is 2. The number of hydrogen-bond acceptors (Lipinski definition) is 6. The van der Waals surface area contributed by atoms with E-state index in [0.717, 1.165) is 0 Å². The zero-order valence-corrected chi connectivity index (χ0v) is 20.6. The molecular formula is C24H24F6N4O5. The predicted octanol–water partition coefficient (Wildman–Crippen LogP) is 4.10. The fourth-order valence-corrected chi connectivity index (χ4v) is 4.51. The molecule has 2 aliphatic rings. The number of carbonyl (C=O) groups excluding carboxylic acids is 3. The second kappa shape index (κ2) is 10.8. The highest BCUT2D eigenvalue weighted by Gasteiger charge is 2.37. The number of carbonyl (C=O) groups is 3. The van der Waals surface area contributed by atoms with Crippen LogP contribution in [-0.2, 0) is 46.3 Å². The fraction of sp³-hybridized carbons (Fsp3) is 0.500. The van der Waals surface area contributed by atoms with Gasteiger partial charge in [-0.15, -0.1) is 0 Å². The van der Waals surface area contributed by atoms with Crippen LogP contribution in [0.15, 0.2) is 24.3 Å². The third-order valence-electron chi connectivity index (χ3n) is 6.60. The van der Waals surface area contributed by atoms with Gasteiger partial charge in [0.2, 0.25) is 0 Å². The summed E-state index contributed by atoms with van der Waals surface area (Å²) < 4.78 is 89.7. The minimum atomic E-state index is -5.02. The van der Waals surface area contributed by atoms with E-state index in [0.29, 0.717) is 43.8 Å². The van der Waals surface area contributed by atoms with Crippen LogP contribution in [0.5, 0.6) is 0 Å². The maximum absolute atomic E-state index is 13.1. The fourth-order valence-electron chi connectivity index (χ4n) is 4.51. The molecule has 0 spiro atoms. The number of nitrogens with zero attached hydrogens (tertiary/aromatic N) is 4. The Balaban J connectivity index is 1.37. The molecule has 0 unspecified atom stereocenters. The summed E-state index contributed by atoms with van der Waals surface area (Å²) in [6, 6.07) is 2.51. The lowest BCUT2D eigenvalue weighted by atomic mass is 9.97. The number of fused-ring (bicyclic) bond motifs is 1. The van der Waals surface area contributed by atoms with Gasteiger partial charge >= 0.3 is 24.4 Å². The molecule has 0 N–H and O–H groups in total. The molecule has 15 heteroatoms. The Kier molecular flexibility index (Phi) is 7.80. The molecular weight excluding hydrogens is 538 g/mol. The number of halogens is 6. The Morgan fingerprint density at radius 2 is 1.51 bits per heavy atom. The maximum atomic E-state index is 13.1. The Labute approximate surface area is 218 Å². The molecule has 1 saturated heterocycles. The van der Waals surface area contributed by atoms with Crippen molar-refractivity contribution in [3.05, 3.63) is 52.3 Å². The molecule has 1 aromatic carbocycles. The summed E-state index contributed by atoms with van der Waals surface area (Å²) in [5.41, 5.74) is -2.81. The van der Waals surface area contributed by atoms with Gasteiger partial charge in [0, 0.05) is 19.6 Å². The smallest absolute Gasteiger partial charge is 0.416 e.